The van der Waals surface area contributed by atoms with E-state index in [9.17, 15) is 15.0 Å². The molecule has 196 valence electrons. The molecule has 2 bridgehead atoms. The fourth-order valence-corrected chi connectivity index (χ4v) is 5.81. The van der Waals surface area contributed by atoms with Gasteiger partial charge in [0.2, 0.25) is 0 Å². The van der Waals surface area contributed by atoms with Gasteiger partial charge in [0.1, 0.15) is 11.5 Å². The number of pyridine rings is 1. The topological polar surface area (TPSA) is 103 Å². The molecule has 3 aliphatic heterocycles. The maximum Gasteiger partial charge on any atom is 0.335 e. The predicted octanol–water partition coefficient (Wildman–Crippen LogP) is 5.42. The molecule has 3 fully saturated rings. The first-order valence-corrected chi connectivity index (χ1v) is 12.8. The Labute approximate surface area is 221 Å². The number of aromatic nitrogens is 1. The van der Waals surface area contributed by atoms with Gasteiger partial charge in [0, 0.05) is 24.2 Å². The van der Waals surface area contributed by atoms with Crippen molar-refractivity contribution < 1.29 is 24.9 Å². The molecule has 38 heavy (non-hydrogen) atoms. The van der Waals surface area contributed by atoms with Gasteiger partial charge in [0.05, 0.1) is 24.3 Å². The Balaban J connectivity index is 0.000000179. The number of aromatic carboxylic acids is 1. The molecule has 0 aliphatic carbocycles. The number of carboxylic acids is 1. The van der Waals surface area contributed by atoms with Crippen molar-refractivity contribution in [2.75, 3.05) is 20.2 Å². The number of fused-ring (bicyclic) bond motifs is 5. The van der Waals surface area contributed by atoms with Crippen LogP contribution in [0.1, 0.15) is 34.9 Å². The minimum absolute atomic E-state index is 0.178. The van der Waals surface area contributed by atoms with Crippen molar-refractivity contribution in [2.24, 2.45) is 11.8 Å². The highest BCUT2D eigenvalue weighted by molar-refractivity contribution is 5.94. The zero-order chi connectivity index (χ0) is 26.8. The largest absolute Gasteiger partial charge is 0.508 e. The quantitative estimate of drug-likeness (QED) is 0.307. The molecule has 3 aromatic carbocycles. The zero-order valence-electron chi connectivity index (χ0n) is 21.3. The predicted molar refractivity (Wildman–Crippen MR) is 148 cm³/mol. The van der Waals surface area contributed by atoms with Gasteiger partial charge in [-0.1, -0.05) is 18.2 Å². The fourth-order valence-electron chi connectivity index (χ4n) is 5.81. The number of rotatable bonds is 5. The van der Waals surface area contributed by atoms with Crippen LogP contribution in [0.15, 0.2) is 79.5 Å². The monoisotopic (exact) mass is 512 g/mol. The second-order valence-electron chi connectivity index (χ2n) is 10.0. The summed E-state index contributed by atoms with van der Waals surface area (Å²) in [5.41, 5.74) is 2.10. The van der Waals surface area contributed by atoms with Crippen LogP contribution >= 0.6 is 0 Å². The van der Waals surface area contributed by atoms with Crippen molar-refractivity contribution in [2.45, 2.75) is 25.0 Å². The molecule has 3 aliphatic rings. The number of phenolic OH excluding ortho intramolecular Hbond substituents is 1. The number of phenols is 1. The van der Waals surface area contributed by atoms with Gasteiger partial charge in [-0.25, -0.2) is 4.79 Å². The molecule has 0 radical (unpaired) electrons. The lowest BCUT2D eigenvalue weighted by molar-refractivity contribution is -0.0444. The van der Waals surface area contributed by atoms with Crippen LogP contribution in [-0.4, -0.2) is 57.4 Å². The first-order valence-electron chi connectivity index (χ1n) is 12.8. The van der Waals surface area contributed by atoms with E-state index in [-0.39, 0.29) is 17.4 Å². The van der Waals surface area contributed by atoms with Crippen LogP contribution in [0.5, 0.6) is 11.5 Å². The van der Waals surface area contributed by atoms with Crippen molar-refractivity contribution in [1.82, 2.24) is 9.88 Å². The van der Waals surface area contributed by atoms with Crippen LogP contribution in [0.3, 0.4) is 0 Å². The Morgan fingerprint density at radius 3 is 2.63 bits per heavy atom. The minimum Gasteiger partial charge on any atom is -0.508 e. The summed E-state index contributed by atoms with van der Waals surface area (Å²) in [6.07, 6.45) is 5.62. The Bertz CT molecular complexity index is 1490. The van der Waals surface area contributed by atoms with Crippen LogP contribution in [0.4, 0.5) is 0 Å². The summed E-state index contributed by atoms with van der Waals surface area (Å²) in [5.74, 6) is 1.24. The second-order valence-corrected chi connectivity index (χ2v) is 10.0. The van der Waals surface area contributed by atoms with E-state index in [0.29, 0.717) is 11.8 Å². The number of aromatic hydroxyl groups is 1. The highest BCUT2D eigenvalue weighted by atomic mass is 16.5. The number of aliphatic hydroxyl groups excluding tert-OH is 1. The van der Waals surface area contributed by atoms with E-state index in [2.05, 4.69) is 22.5 Å². The Kier molecular flexibility index (Phi) is 7.31. The number of carboxylic acid groups (broad SMARTS) is 1. The molecule has 4 aromatic rings. The number of hydrogen-bond donors (Lipinski definition) is 3. The van der Waals surface area contributed by atoms with Crippen molar-refractivity contribution >= 4 is 27.6 Å². The van der Waals surface area contributed by atoms with Crippen LogP contribution < -0.4 is 4.74 Å². The third-order valence-corrected chi connectivity index (χ3v) is 7.89. The molecule has 1 aromatic heterocycles. The molecular formula is C31H32N2O5. The number of benzene rings is 3. The molecular weight excluding hydrogens is 480 g/mol. The number of hydrogen-bond acceptors (Lipinski definition) is 6. The zero-order valence-corrected chi connectivity index (χ0v) is 21.3. The maximum absolute atomic E-state index is 11.2. The Morgan fingerprint density at radius 2 is 1.92 bits per heavy atom. The minimum atomic E-state index is -0.944. The lowest BCUT2D eigenvalue weighted by atomic mass is 9.73. The van der Waals surface area contributed by atoms with Gasteiger partial charge in [-0.15, -0.1) is 6.58 Å². The Morgan fingerprint density at radius 1 is 1.13 bits per heavy atom. The number of piperidine rings is 3. The molecule has 7 heteroatoms. The molecule has 3 saturated heterocycles. The smallest absolute Gasteiger partial charge is 0.335 e. The third-order valence-electron chi connectivity index (χ3n) is 7.89. The van der Waals surface area contributed by atoms with Gasteiger partial charge in [0.25, 0.3) is 0 Å². The van der Waals surface area contributed by atoms with Crippen LogP contribution in [-0.2, 0) is 0 Å². The highest BCUT2D eigenvalue weighted by Crippen LogP contribution is 2.42. The fraction of sp³-hybridized carbons (Fsp3) is 0.290. The van der Waals surface area contributed by atoms with Crippen molar-refractivity contribution in [1.29, 1.82) is 0 Å². The van der Waals surface area contributed by atoms with Gasteiger partial charge in [-0.2, -0.15) is 0 Å². The summed E-state index contributed by atoms with van der Waals surface area (Å²) >= 11 is 0. The van der Waals surface area contributed by atoms with Crippen molar-refractivity contribution in [3.8, 4) is 11.5 Å². The van der Waals surface area contributed by atoms with E-state index in [1.807, 2.05) is 24.3 Å². The summed E-state index contributed by atoms with van der Waals surface area (Å²) in [6.45, 7) is 6.07. The van der Waals surface area contributed by atoms with Crippen LogP contribution in [0.2, 0.25) is 0 Å². The van der Waals surface area contributed by atoms with Crippen molar-refractivity contribution in [3.05, 3.63) is 90.6 Å². The number of methoxy groups -OCH3 is 1. The molecule has 0 saturated carbocycles. The van der Waals surface area contributed by atoms with E-state index < -0.39 is 12.1 Å². The average molecular weight is 513 g/mol. The molecule has 3 N–H and O–H groups in total. The van der Waals surface area contributed by atoms with E-state index >= 15 is 0 Å². The first kappa shape index (κ1) is 25.7. The van der Waals surface area contributed by atoms with Gasteiger partial charge < -0.3 is 20.1 Å². The van der Waals surface area contributed by atoms with E-state index in [4.69, 9.17) is 9.84 Å². The summed E-state index contributed by atoms with van der Waals surface area (Å²) < 4.78 is 5.35. The second kappa shape index (κ2) is 10.8. The standard InChI is InChI=1S/C20H24N2O2.C11H8O3/c1-3-13-12-22-9-7-14(13)10-19(22)20(23)16-6-8-21-18-5-4-15(24-2)11-17(16)18;12-10-4-3-7-5-9(11(13)14)2-1-8(7)6-10/h3-6,8,11,13-14,19-20,23H,1,7,9-10,12H2,2H3;1-6,12H,(H,13,14)/t13-,14?,19+,20+;/m1./s1. The third kappa shape index (κ3) is 5.08. The first-order chi connectivity index (χ1) is 18.4. The van der Waals surface area contributed by atoms with Crippen molar-refractivity contribution in [3.63, 3.8) is 0 Å². The lowest BCUT2D eigenvalue weighted by Crippen LogP contribution is -2.54. The molecule has 7 rings (SSSR count). The van der Waals surface area contributed by atoms with Crippen LogP contribution in [0.25, 0.3) is 21.7 Å². The van der Waals surface area contributed by atoms with E-state index in [1.54, 1.807) is 37.6 Å². The molecule has 5 atom stereocenters. The van der Waals surface area contributed by atoms with E-state index in [0.717, 1.165) is 52.5 Å². The van der Waals surface area contributed by atoms with E-state index in [1.165, 1.54) is 18.6 Å². The average Bonchev–Trinajstić information content (AvgIpc) is 2.96. The normalized spacial score (nSPS) is 22.9. The number of nitrogens with zero attached hydrogens (tertiary/aromatic N) is 2. The molecule has 0 spiro atoms. The number of ether oxygens (including phenoxy) is 1. The SMILES string of the molecule is C=C[C@@H]1CN2CCC1C[C@H]2[C@@H](O)c1ccnc2ccc(OC)cc12.O=C(O)c1ccc2cc(O)ccc2c1. The highest BCUT2D eigenvalue weighted by Gasteiger charge is 2.42. The number of carbonyl (C=O) groups is 1. The molecule has 7 nitrogen and oxygen atoms in total. The van der Waals surface area contributed by atoms with Gasteiger partial charge in [-0.3, -0.25) is 9.88 Å². The summed E-state index contributed by atoms with van der Waals surface area (Å²) in [6, 6.07) is 17.6. The van der Waals surface area contributed by atoms with Gasteiger partial charge in [0.15, 0.2) is 0 Å². The lowest BCUT2D eigenvalue weighted by Gasteiger charge is -2.50. The molecule has 2 unspecified atom stereocenters. The van der Waals surface area contributed by atoms with Gasteiger partial charge >= 0.3 is 5.97 Å². The molecule has 4 heterocycles. The number of aliphatic hydroxyl groups is 1. The maximum atomic E-state index is 11.2. The van der Waals surface area contributed by atoms with Crippen LogP contribution in [0, 0.1) is 11.8 Å². The Hall–Kier alpha value is -3.94. The summed E-state index contributed by atoms with van der Waals surface area (Å²) in [4.78, 5) is 17.5. The summed E-state index contributed by atoms with van der Waals surface area (Å²) in [7, 11) is 1.66. The van der Waals surface area contributed by atoms with Gasteiger partial charge in [-0.05, 0) is 96.1 Å². The summed E-state index contributed by atoms with van der Waals surface area (Å²) in [5, 5.41) is 31.7. The molecule has 0 amide bonds.